The Kier molecular flexibility index (Phi) is 7.27. The second kappa shape index (κ2) is 9.74. The van der Waals surface area contributed by atoms with Crippen molar-refractivity contribution in [1.29, 1.82) is 5.26 Å². The average molecular weight is 442 g/mol. The van der Waals surface area contributed by atoms with Crippen LogP contribution in [0, 0.1) is 54.6 Å². The molecular weight excluding hydrogens is 412 g/mol. The van der Waals surface area contributed by atoms with Gasteiger partial charge in [-0.05, 0) is 74.1 Å². The van der Waals surface area contributed by atoms with E-state index < -0.39 is 11.6 Å². The molecular formula is C25H29F2N3S. The van der Waals surface area contributed by atoms with Crippen LogP contribution < -0.4 is 11.1 Å². The zero-order valence-electron chi connectivity index (χ0n) is 18.3. The Hall–Kier alpha value is -2.52. The van der Waals surface area contributed by atoms with Crippen LogP contribution in [0.25, 0.3) is 5.70 Å². The van der Waals surface area contributed by atoms with Crippen LogP contribution in [0.4, 0.5) is 8.78 Å². The number of nitriles is 1. The first kappa shape index (κ1) is 23.1. The molecule has 0 heterocycles. The van der Waals surface area contributed by atoms with Crippen LogP contribution in [0.1, 0.15) is 35.6 Å². The Balaban J connectivity index is 0.000000254. The summed E-state index contributed by atoms with van der Waals surface area (Å²) in [6.45, 7) is 5.85. The molecule has 5 atom stereocenters. The Morgan fingerprint density at radius 3 is 2.42 bits per heavy atom. The Morgan fingerprint density at radius 1 is 1.19 bits per heavy atom. The summed E-state index contributed by atoms with van der Waals surface area (Å²) >= 11 is 1.94. The van der Waals surface area contributed by atoms with Gasteiger partial charge in [0.1, 0.15) is 0 Å². The molecule has 5 unspecified atom stereocenters. The topological polar surface area (TPSA) is 61.8 Å². The van der Waals surface area contributed by atoms with Crippen molar-refractivity contribution in [1.82, 2.24) is 5.32 Å². The predicted molar refractivity (Wildman–Crippen MR) is 124 cm³/mol. The number of halogens is 2. The molecule has 0 aromatic heterocycles. The fraction of sp³-hybridized carbons (Fsp3) is 0.400. The maximum absolute atomic E-state index is 13.5. The minimum atomic E-state index is -0.856. The van der Waals surface area contributed by atoms with Gasteiger partial charge in [0, 0.05) is 23.1 Å². The van der Waals surface area contributed by atoms with Crippen molar-refractivity contribution in [3.8, 4) is 6.07 Å². The van der Waals surface area contributed by atoms with Crippen LogP contribution in [0.15, 0.2) is 42.6 Å². The molecule has 2 aromatic carbocycles. The molecule has 3 nitrogen and oxygen atoms in total. The van der Waals surface area contributed by atoms with Gasteiger partial charge in [-0.15, -0.1) is 0 Å². The van der Waals surface area contributed by atoms with E-state index in [1.807, 2.05) is 43.0 Å². The highest BCUT2D eigenvalue weighted by molar-refractivity contribution is 7.99. The van der Waals surface area contributed by atoms with Gasteiger partial charge in [0.2, 0.25) is 0 Å². The number of thioether (sulfide) groups is 1. The van der Waals surface area contributed by atoms with Crippen molar-refractivity contribution >= 4 is 17.5 Å². The first-order chi connectivity index (χ1) is 14.8. The van der Waals surface area contributed by atoms with E-state index in [2.05, 4.69) is 24.6 Å². The standard InChI is InChI=1S/C17H22F2N2S.C8H7N/c1-8-4-10(5-11(18)17(8)19)12(20)7-21-13-6-14(22-3)16-9(2)15(13)16;1-7-2-4-8(6-9)5-3-7/h4-5,7,9,13-16,21H,6,20H2,1-3H3;2-5H,1H3/b12-7-;. The molecule has 3 N–H and O–H groups in total. The van der Waals surface area contributed by atoms with Crippen molar-refractivity contribution in [2.75, 3.05) is 6.26 Å². The number of nitrogens with two attached hydrogens (primary N) is 1. The molecule has 2 aliphatic carbocycles. The summed E-state index contributed by atoms with van der Waals surface area (Å²) in [5, 5.41) is 12.5. The molecule has 0 saturated heterocycles. The summed E-state index contributed by atoms with van der Waals surface area (Å²) in [5.41, 5.74) is 9.17. The van der Waals surface area contributed by atoms with Crippen molar-refractivity contribution in [3.05, 3.63) is 76.5 Å². The van der Waals surface area contributed by atoms with E-state index >= 15 is 0 Å². The molecule has 31 heavy (non-hydrogen) atoms. The summed E-state index contributed by atoms with van der Waals surface area (Å²) in [7, 11) is 0. The van der Waals surface area contributed by atoms with Gasteiger partial charge >= 0.3 is 0 Å². The second-order valence-electron chi connectivity index (χ2n) is 8.46. The monoisotopic (exact) mass is 441 g/mol. The van der Waals surface area contributed by atoms with E-state index in [9.17, 15) is 8.78 Å². The quantitative estimate of drug-likeness (QED) is 0.669. The third-order valence-corrected chi connectivity index (χ3v) is 7.49. The molecule has 0 amide bonds. The highest BCUT2D eigenvalue weighted by Crippen LogP contribution is 2.60. The van der Waals surface area contributed by atoms with E-state index in [1.165, 1.54) is 5.56 Å². The number of hydrogen-bond donors (Lipinski definition) is 2. The smallest absolute Gasteiger partial charge is 0.161 e. The van der Waals surface area contributed by atoms with Crippen LogP contribution >= 0.6 is 11.8 Å². The molecule has 6 heteroatoms. The van der Waals surface area contributed by atoms with Crippen molar-refractivity contribution in [2.24, 2.45) is 23.5 Å². The van der Waals surface area contributed by atoms with E-state index in [-0.39, 0.29) is 5.56 Å². The molecule has 2 aliphatic rings. The zero-order valence-corrected chi connectivity index (χ0v) is 19.1. The minimum Gasteiger partial charge on any atom is -0.397 e. The summed E-state index contributed by atoms with van der Waals surface area (Å²) in [5.74, 6) is 0.632. The first-order valence-electron chi connectivity index (χ1n) is 10.4. The lowest BCUT2D eigenvalue weighted by atomic mass is 10.1. The molecule has 4 rings (SSSR count). The summed E-state index contributed by atoms with van der Waals surface area (Å²) in [4.78, 5) is 0. The second-order valence-corrected chi connectivity index (χ2v) is 9.54. The number of aryl methyl sites for hydroxylation is 2. The van der Waals surface area contributed by atoms with Gasteiger partial charge < -0.3 is 11.1 Å². The van der Waals surface area contributed by atoms with Gasteiger partial charge in [-0.25, -0.2) is 8.78 Å². The zero-order chi connectivity index (χ0) is 22.7. The van der Waals surface area contributed by atoms with Crippen LogP contribution in [0.3, 0.4) is 0 Å². The lowest BCUT2D eigenvalue weighted by Gasteiger charge is -2.18. The highest BCUT2D eigenvalue weighted by atomic mass is 32.2. The van der Waals surface area contributed by atoms with E-state index in [1.54, 1.807) is 19.2 Å². The summed E-state index contributed by atoms with van der Waals surface area (Å²) in [6.07, 6.45) is 5.06. The van der Waals surface area contributed by atoms with Gasteiger partial charge in [-0.1, -0.05) is 24.6 Å². The van der Waals surface area contributed by atoms with Crippen molar-refractivity contribution in [2.45, 2.75) is 38.5 Å². The van der Waals surface area contributed by atoms with Crippen molar-refractivity contribution < 1.29 is 8.78 Å². The van der Waals surface area contributed by atoms with Crippen LogP contribution in [0.2, 0.25) is 0 Å². The lowest BCUT2D eigenvalue weighted by Crippen LogP contribution is -2.27. The predicted octanol–water partition coefficient (Wildman–Crippen LogP) is 5.37. The van der Waals surface area contributed by atoms with Gasteiger partial charge in [-0.3, -0.25) is 0 Å². The number of hydrogen-bond acceptors (Lipinski definition) is 4. The largest absolute Gasteiger partial charge is 0.397 e. The number of benzene rings is 2. The molecule has 0 bridgehead atoms. The molecule has 0 aliphatic heterocycles. The van der Waals surface area contributed by atoms with E-state index in [0.29, 0.717) is 23.2 Å². The van der Waals surface area contributed by atoms with Gasteiger partial charge in [-0.2, -0.15) is 17.0 Å². The Bertz CT molecular complexity index is 974. The average Bonchev–Trinajstić information content (AvgIpc) is 3.27. The number of fused-ring (bicyclic) bond motifs is 1. The Labute approximate surface area is 187 Å². The van der Waals surface area contributed by atoms with Gasteiger partial charge in [0.05, 0.1) is 17.3 Å². The molecule has 164 valence electrons. The van der Waals surface area contributed by atoms with Crippen LogP contribution in [-0.4, -0.2) is 17.5 Å². The number of nitrogens with zero attached hydrogens (tertiary/aromatic N) is 1. The van der Waals surface area contributed by atoms with E-state index in [4.69, 9.17) is 11.0 Å². The molecule has 2 saturated carbocycles. The van der Waals surface area contributed by atoms with Crippen LogP contribution in [0.5, 0.6) is 0 Å². The third-order valence-electron chi connectivity index (χ3n) is 6.38. The molecule has 0 radical (unpaired) electrons. The van der Waals surface area contributed by atoms with Gasteiger partial charge in [0.15, 0.2) is 11.6 Å². The maximum Gasteiger partial charge on any atom is 0.161 e. The summed E-state index contributed by atoms with van der Waals surface area (Å²) in [6, 6.07) is 12.7. The third kappa shape index (κ3) is 5.22. The number of rotatable bonds is 4. The minimum absolute atomic E-state index is 0.269. The normalized spacial score (nSPS) is 26.4. The van der Waals surface area contributed by atoms with E-state index in [0.717, 1.165) is 35.1 Å². The lowest BCUT2D eigenvalue weighted by molar-refractivity contribution is 0.500. The Morgan fingerprint density at radius 2 is 1.87 bits per heavy atom. The van der Waals surface area contributed by atoms with Gasteiger partial charge in [0.25, 0.3) is 0 Å². The highest BCUT2D eigenvalue weighted by Gasteiger charge is 2.59. The SMILES string of the molecule is CSC1CC(N/C=C(\N)c2cc(C)c(F)c(F)c2)C2C(C)C12.Cc1ccc(C#N)cc1. The molecule has 2 aromatic rings. The summed E-state index contributed by atoms with van der Waals surface area (Å²) < 4.78 is 26.8. The van der Waals surface area contributed by atoms with Crippen molar-refractivity contribution in [3.63, 3.8) is 0 Å². The first-order valence-corrected chi connectivity index (χ1v) is 11.7. The fourth-order valence-electron chi connectivity index (χ4n) is 4.55. The molecule has 2 fully saturated rings. The fourth-order valence-corrected chi connectivity index (χ4v) is 5.69. The van der Waals surface area contributed by atoms with Crippen LogP contribution in [-0.2, 0) is 0 Å². The molecule has 0 spiro atoms. The number of nitrogens with one attached hydrogen (secondary N) is 1. The maximum atomic E-state index is 13.5.